The minimum atomic E-state index is -2.96. The van der Waals surface area contributed by atoms with E-state index in [2.05, 4.69) is 126 Å². The Hall–Kier alpha value is -1.20. The van der Waals surface area contributed by atoms with E-state index in [4.69, 9.17) is 0 Å². The lowest BCUT2D eigenvalue weighted by Crippen LogP contribution is -2.57. The van der Waals surface area contributed by atoms with Gasteiger partial charge in [-0.1, -0.05) is 106 Å². The molecular formula is C35H49NOP2. The molecule has 2 aromatic rings. The molecule has 4 heterocycles. The molecule has 2 saturated heterocycles. The summed E-state index contributed by atoms with van der Waals surface area (Å²) in [7, 11) is -3.51. The van der Waals surface area contributed by atoms with Gasteiger partial charge in [0.05, 0.1) is 5.28 Å². The Morgan fingerprint density at radius 2 is 1.26 bits per heavy atom. The fourth-order valence-corrected chi connectivity index (χ4v) is 22.6. The summed E-state index contributed by atoms with van der Waals surface area (Å²) in [5.41, 5.74) is 12.4. The zero-order valence-corrected chi connectivity index (χ0v) is 28.6. The third-order valence-corrected chi connectivity index (χ3v) is 19.2. The number of allylic oxidation sites excluding steroid dienone is 1. The fourth-order valence-electron chi connectivity index (χ4n) is 9.52. The maximum absolute atomic E-state index is 16.7. The molecule has 4 aliphatic heterocycles. The number of hydrogen-bond donors (Lipinski definition) is 0. The summed E-state index contributed by atoms with van der Waals surface area (Å²) in [6.45, 7) is 32.6. The molecule has 210 valence electrons. The van der Waals surface area contributed by atoms with Crippen molar-refractivity contribution < 1.29 is 4.57 Å². The molecule has 3 unspecified atom stereocenters. The van der Waals surface area contributed by atoms with E-state index in [0.717, 1.165) is 6.16 Å². The summed E-state index contributed by atoms with van der Waals surface area (Å²) in [6, 6.07) is 9.71. The van der Waals surface area contributed by atoms with Crippen molar-refractivity contribution in [3.05, 3.63) is 79.7 Å². The predicted molar refractivity (Wildman–Crippen MR) is 169 cm³/mol. The Morgan fingerprint density at radius 3 is 1.72 bits per heavy atom. The van der Waals surface area contributed by atoms with Crippen molar-refractivity contribution >= 4 is 15.2 Å². The third kappa shape index (κ3) is 2.96. The van der Waals surface area contributed by atoms with Crippen LogP contribution in [0.1, 0.15) is 107 Å². The van der Waals surface area contributed by atoms with Crippen LogP contribution in [0.5, 0.6) is 0 Å². The summed E-state index contributed by atoms with van der Waals surface area (Å²) >= 11 is 0. The van der Waals surface area contributed by atoms with Crippen molar-refractivity contribution in [1.29, 1.82) is 0 Å². The van der Waals surface area contributed by atoms with E-state index in [9.17, 15) is 0 Å². The van der Waals surface area contributed by atoms with Crippen molar-refractivity contribution in [2.45, 2.75) is 119 Å². The van der Waals surface area contributed by atoms with Gasteiger partial charge in [-0.15, -0.1) is 0 Å². The van der Waals surface area contributed by atoms with Crippen molar-refractivity contribution in [2.75, 3.05) is 0 Å². The van der Waals surface area contributed by atoms with Gasteiger partial charge in [0.1, 0.15) is 4.90 Å². The minimum absolute atomic E-state index is 0.0332. The van der Waals surface area contributed by atoms with Crippen LogP contribution >= 0.6 is 15.2 Å². The van der Waals surface area contributed by atoms with Crippen LogP contribution in [0.15, 0.2) is 35.2 Å². The Labute approximate surface area is 239 Å². The average molecular weight is 562 g/mol. The first-order valence-corrected chi connectivity index (χ1v) is 18.0. The van der Waals surface area contributed by atoms with E-state index in [1.165, 1.54) is 55.4 Å². The van der Waals surface area contributed by atoms with Crippen LogP contribution in [0, 0.1) is 50.9 Å². The molecule has 0 radical (unpaired) electrons. The molecule has 4 heteroatoms. The molecule has 0 bridgehead atoms. The highest BCUT2D eigenvalue weighted by Gasteiger charge is 3.02. The molecule has 0 amide bonds. The number of aryl methyl sites for hydroxylation is 5. The topological polar surface area (TPSA) is 20.3 Å². The molecule has 0 saturated carbocycles. The van der Waals surface area contributed by atoms with E-state index in [-0.39, 0.29) is 32.5 Å². The molecule has 2 nitrogen and oxygen atoms in total. The summed E-state index contributed by atoms with van der Waals surface area (Å²) in [5, 5.41) is 1.17. The molecule has 5 atom stereocenters. The Morgan fingerprint density at radius 1 is 0.769 bits per heavy atom. The Bertz CT molecular complexity index is 1520. The minimum Gasteiger partial charge on any atom is -0.300 e. The standard InChI is InChI=1S/C35H49NOP2/c1-20-15-22(3)26(23(4)16-20)35-34(27-24(5)17-21(2)18-25(27)19-38(34)35)36-29(32(9,10)11)28(31(6,7)8)30(33(12,13)14)39(35,36)37/h15-18,29H,19H2,1-14H3/t29-,34?,35+,38?,39?/m1/s1. The van der Waals surface area contributed by atoms with E-state index >= 15 is 4.57 Å². The van der Waals surface area contributed by atoms with Crippen LogP contribution < -0.4 is 0 Å². The number of nitrogens with zero attached hydrogens (tertiary/aromatic N) is 1. The van der Waals surface area contributed by atoms with Crippen molar-refractivity contribution in [3.63, 3.8) is 0 Å². The lowest BCUT2D eigenvalue weighted by Gasteiger charge is -2.57. The molecule has 0 aliphatic carbocycles. The highest BCUT2D eigenvalue weighted by atomic mass is 31.2. The van der Waals surface area contributed by atoms with Gasteiger partial charge in [0, 0.05) is 11.4 Å². The Balaban J connectivity index is 1.80. The first kappa shape index (κ1) is 27.9. The van der Waals surface area contributed by atoms with Crippen LogP contribution in [0.3, 0.4) is 0 Å². The quantitative estimate of drug-likeness (QED) is 0.323. The normalized spacial score (nSPS) is 33.5. The van der Waals surface area contributed by atoms with Gasteiger partial charge in [-0.25, -0.2) is 4.67 Å². The van der Waals surface area contributed by atoms with Gasteiger partial charge < -0.3 is 4.57 Å². The molecule has 2 aromatic carbocycles. The zero-order chi connectivity index (χ0) is 29.0. The third-order valence-electron chi connectivity index (χ3n) is 9.97. The SMILES string of the molecule is Cc1cc(C)c([C@@]23P4Cc5cc(C)cc(C)c5C42N2[C@@H](C(C)(C)C)C(C(C)(C)C)=C(C(C)(C)C)P23=O)c(C)c1. The van der Waals surface area contributed by atoms with Gasteiger partial charge in [-0.2, -0.15) is 0 Å². The monoisotopic (exact) mass is 561 g/mol. The van der Waals surface area contributed by atoms with Crippen molar-refractivity contribution in [2.24, 2.45) is 16.2 Å². The predicted octanol–water partition coefficient (Wildman–Crippen LogP) is 10.6. The maximum Gasteiger partial charge on any atom is 0.194 e. The van der Waals surface area contributed by atoms with Gasteiger partial charge >= 0.3 is 0 Å². The van der Waals surface area contributed by atoms with Crippen LogP contribution in [0.4, 0.5) is 0 Å². The first-order valence-electron chi connectivity index (χ1n) is 14.8. The zero-order valence-electron chi connectivity index (χ0n) is 26.8. The molecule has 0 aromatic heterocycles. The number of rotatable bonds is 1. The van der Waals surface area contributed by atoms with Crippen molar-refractivity contribution in [1.82, 2.24) is 4.67 Å². The van der Waals surface area contributed by atoms with Gasteiger partial charge in [0.15, 0.2) is 7.29 Å². The molecule has 39 heavy (non-hydrogen) atoms. The summed E-state index contributed by atoms with van der Waals surface area (Å²) in [4.78, 5) is -0.274. The highest BCUT2D eigenvalue weighted by molar-refractivity contribution is 7.92. The van der Waals surface area contributed by atoms with Crippen LogP contribution in [-0.2, 0) is 20.9 Å². The first-order chi connectivity index (χ1) is 17.7. The molecule has 0 N–H and O–H groups in total. The second-order valence-electron chi connectivity index (χ2n) is 16.3. The smallest absolute Gasteiger partial charge is 0.194 e. The van der Waals surface area contributed by atoms with Crippen LogP contribution in [0.25, 0.3) is 0 Å². The molecule has 6 rings (SSSR count). The van der Waals surface area contributed by atoms with E-state index < -0.39 is 15.2 Å². The maximum atomic E-state index is 16.7. The van der Waals surface area contributed by atoms with Gasteiger partial charge in [-0.05, 0) is 96.0 Å². The average Bonchev–Trinajstić information content (AvgIpc) is 2.96. The van der Waals surface area contributed by atoms with Crippen LogP contribution in [-0.4, -0.2) is 10.7 Å². The van der Waals surface area contributed by atoms with E-state index in [0.29, 0.717) is 0 Å². The Kier molecular flexibility index (Phi) is 5.44. The molecular weight excluding hydrogens is 512 g/mol. The second-order valence-corrected chi connectivity index (χ2v) is 21.8. The van der Waals surface area contributed by atoms with Crippen LogP contribution in [0.2, 0.25) is 0 Å². The highest BCUT2D eigenvalue weighted by Crippen LogP contribution is 3.19. The fraction of sp³-hybridized carbons (Fsp3) is 0.600. The molecule has 4 aliphatic rings. The number of fused-ring (bicyclic) bond motifs is 4. The van der Waals surface area contributed by atoms with Gasteiger partial charge in [0.25, 0.3) is 0 Å². The molecule has 1 spiro atoms. The second kappa shape index (κ2) is 7.60. The van der Waals surface area contributed by atoms with Gasteiger partial charge in [-0.3, -0.25) is 0 Å². The van der Waals surface area contributed by atoms with E-state index in [1.54, 1.807) is 0 Å². The molecule has 2 fully saturated rings. The number of hydrogen-bond acceptors (Lipinski definition) is 1. The summed E-state index contributed by atoms with van der Waals surface area (Å²) in [5.74, 6) is 0. The van der Waals surface area contributed by atoms with Gasteiger partial charge in [0.2, 0.25) is 0 Å². The van der Waals surface area contributed by atoms with Crippen molar-refractivity contribution in [3.8, 4) is 0 Å². The lowest BCUT2D eigenvalue weighted by atomic mass is 9.70. The number of benzene rings is 2. The van der Waals surface area contributed by atoms with E-state index in [1.807, 2.05) is 0 Å². The lowest BCUT2D eigenvalue weighted by molar-refractivity contribution is 0.118. The largest absolute Gasteiger partial charge is 0.300 e. The summed E-state index contributed by atoms with van der Waals surface area (Å²) in [6.07, 6.45) is 1.10. The summed E-state index contributed by atoms with van der Waals surface area (Å²) < 4.78 is 19.4.